The number of aldehydes is 1. The van der Waals surface area contributed by atoms with Crippen molar-refractivity contribution in [3.63, 3.8) is 0 Å². The van der Waals surface area contributed by atoms with Crippen molar-refractivity contribution in [2.45, 2.75) is 13.5 Å². The summed E-state index contributed by atoms with van der Waals surface area (Å²) in [4.78, 5) is 27.2. The van der Waals surface area contributed by atoms with Crippen LogP contribution < -0.4 is 0 Å². The van der Waals surface area contributed by atoms with E-state index in [0.29, 0.717) is 17.9 Å². The van der Waals surface area contributed by atoms with Gasteiger partial charge in [-0.05, 0) is 30.7 Å². The van der Waals surface area contributed by atoms with Gasteiger partial charge in [0, 0.05) is 17.8 Å². The SMILES string of the molecule is CCOC(=O)c1cn(Cc2ccc3ncc(Cl)cc3c2)nc1C=O. The minimum Gasteiger partial charge on any atom is -0.462 e. The zero-order valence-electron chi connectivity index (χ0n) is 12.9. The van der Waals surface area contributed by atoms with Crippen LogP contribution in [0.1, 0.15) is 33.3 Å². The first-order valence-corrected chi connectivity index (χ1v) is 7.72. The molecule has 0 amide bonds. The van der Waals surface area contributed by atoms with Crippen LogP contribution in [0, 0.1) is 0 Å². The largest absolute Gasteiger partial charge is 0.462 e. The third-order valence-electron chi connectivity index (χ3n) is 3.45. The van der Waals surface area contributed by atoms with Crippen LogP contribution in [0.2, 0.25) is 5.02 Å². The summed E-state index contributed by atoms with van der Waals surface area (Å²) in [6.07, 6.45) is 3.66. The molecule has 0 saturated heterocycles. The van der Waals surface area contributed by atoms with E-state index in [9.17, 15) is 9.59 Å². The van der Waals surface area contributed by atoms with Crippen LogP contribution in [-0.4, -0.2) is 33.6 Å². The van der Waals surface area contributed by atoms with Crippen molar-refractivity contribution < 1.29 is 14.3 Å². The fraction of sp³-hybridized carbons (Fsp3) is 0.176. The van der Waals surface area contributed by atoms with Crippen molar-refractivity contribution in [1.29, 1.82) is 0 Å². The fourth-order valence-corrected chi connectivity index (χ4v) is 2.58. The van der Waals surface area contributed by atoms with Crippen LogP contribution >= 0.6 is 11.6 Å². The summed E-state index contributed by atoms with van der Waals surface area (Å²) in [5, 5.41) is 5.60. The number of aromatic nitrogens is 3. The number of fused-ring (bicyclic) bond motifs is 1. The van der Waals surface area contributed by atoms with E-state index in [1.807, 2.05) is 24.3 Å². The molecule has 0 N–H and O–H groups in total. The number of rotatable bonds is 5. The molecular weight excluding hydrogens is 330 g/mol. The second-order valence-corrected chi connectivity index (χ2v) is 5.58. The molecule has 1 aromatic carbocycles. The lowest BCUT2D eigenvalue weighted by atomic mass is 10.1. The molecule has 24 heavy (non-hydrogen) atoms. The lowest BCUT2D eigenvalue weighted by Crippen LogP contribution is -2.06. The Morgan fingerprint density at radius 3 is 2.96 bits per heavy atom. The Morgan fingerprint density at radius 1 is 1.38 bits per heavy atom. The molecule has 2 heterocycles. The first kappa shape index (κ1) is 16.1. The van der Waals surface area contributed by atoms with Crippen molar-refractivity contribution in [3.8, 4) is 0 Å². The Balaban J connectivity index is 1.90. The number of benzene rings is 1. The van der Waals surface area contributed by atoms with Gasteiger partial charge in [0.2, 0.25) is 0 Å². The molecule has 0 unspecified atom stereocenters. The van der Waals surface area contributed by atoms with Gasteiger partial charge in [0.15, 0.2) is 6.29 Å². The van der Waals surface area contributed by atoms with Gasteiger partial charge in [-0.1, -0.05) is 17.7 Å². The highest BCUT2D eigenvalue weighted by molar-refractivity contribution is 6.31. The molecule has 3 aromatic rings. The van der Waals surface area contributed by atoms with Gasteiger partial charge in [-0.3, -0.25) is 14.5 Å². The summed E-state index contributed by atoms with van der Waals surface area (Å²) < 4.78 is 6.47. The number of nitrogens with zero attached hydrogens (tertiary/aromatic N) is 3. The first-order valence-electron chi connectivity index (χ1n) is 7.34. The number of hydrogen-bond acceptors (Lipinski definition) is 5. The minimum atomic E-state index is -0.555. The maximum atomic E-state index is 11.8. The third kappa shape index (κ3) is 3.28. The molecule has 0 aliphatic heterocycles. The summed E-state index contributed by atoms with van der Waals surface area (Å²) in [6, 6.07) is 7.57. The Morgan fingerprint density at radius 2 is 2.21 bits per heavy atom. The van der Waals surface area contributed by atoms with Crippen LogP contribution in [0.5, 0.6) is 0 Å². The highest BCUT2D eigenvalue weighted by Crippen LogP contribution is 2.19. The van der Waals surface area contributed by atoms with E-state index < -0.39 is 5.97 Å². The van der Waals surface area contributed by atoms with E-state index in [4.69, 9.17) is 16.3 Å². The first-order chi connectivity index (χ1) is 11.6. The lowest BCUT2D eigenvalue weighted by Gasteiger charge is -2.04. The van der Waals surface area contributed by atoms with Gasteiger partial charge < -0.3 is 4.74 Å². The molecule has 0 bridgehead atoms. The molecule has 122 valence electrons. The molecule has 0 aliphatic carbocycles. The summed E-state index contributed by atoms with van der Waals surface area (Å²) in [7, 11) is 0. The molecule has 2 aromatic heterocycles. The van der Waals surface area contributed by atoms with Crippen molar-refractivity contribution in [2.24, 2.45) is 0 Å². The second kappa shape index (κ2) is 6.80. The van der Waals surface area contributed by atoms with Gasteiger partial charge in [-0.15, -0.1) is 0 Å². The van der Waals surface area contributed by atoms with Gasteiger partial charge in [0.05, 0.1) is 23.7 Å². The molecule has 3 rings (SSSR count). The standard InChI is InChI=1S/C17H14ClN3O3/c1-2-24-17(23)14-9-21(20-16(14)10-22)8-11-3-4-15-12(5-11)6-13(18)7-19-15/h3-7,9-10H,2,8H2,1H3. The number of hydrogen-bond donors (Lipinski definition) is 0. The molecule has 0 radical (unpaired) electrons. The van der Waals surface area contributed by atoms with E-state index in [2.05, 4.69) is 10.1 Å². The average molecular weight is 344 g/mol. The molecule has 7 heteroatoms. The van der Waals surface area contributed by atoms with E-state index in [1.54, 1.807) is 13.1 Å². The van der Waals surface area contributed by atoms with Crippen molar-refractivity contribution in [1.82, 2.24) is 14.8 Å². The number of carbonyl (C=O) groups is 2. The maximum Gasteiger partial charge on any atom is 0.342 e. The van der Waals surface area contributed by atoms with Crippen LogP contribution in [-0.2, 0) is 11.3 Å². The highest BCUT2D eigenvalue weighted by Gasteiger charge is 2.17. The highest BCUT2D eigenvalue weighted by atomic mass is 35.5. The van der Waals surface area contributed by atoms with Crippen molar-refractivity contribution in [3.05, 3.63) is 58.5 Å². The fourth-order valence-electron chi connectivity index (χ4n) is 2.41. The lowest BCUT2D eigenvalue weighted by molar-refractivity contribution is 0.0524. The van der Waals surface area contributed by atoms with Gasteiger partial charge in [-0.2, -0.15) is 5.10 Å². The zero-order valence-corrected chi connectivity index (χ0v) is 13.7. The molecule has 0 fully saturated rings. The Kier molecular flexibility index (Phi) is 4.57. The molecule has 0 saturated carbocycles. The topological polar surface area (TPSA) is 74.1 Å². The Bertz CT molecular complexity index is 921. The Labute approximate surface area is 143 Å². The average Bonchev–Trinajstić information content (AvgIpc) is 2.97. The monoisotopic (exact) mass is 343 g/mol. The molecular formula is C17H14ClN3O3. The third-order valence-corrected chi connectivity index (χ3v) is 3.66. The van der Waals surface area contributed by atoms with Crippen LogP contribution in [0.15, 0.2) is 36.7 Å². The number of pyridine rings is 1. The minimum absolute atomic E-state index is 0.0685. The van der Waals surface area contributed by atoms with Gasteiger partial charge in [-0.25, -0.2) is 4.79 Å². The summed E-state index contributed by atoms with van der Waals surface area (Å²) in [5.41, 5.74) is 2.02. The number of esters is 1. The maximum absolute atomic E-state index is 11.8. The van der Waals surface area contributed by atoms with Crippen LogP contribution in [0.4, 0.5) is 0 Å². The summed E-state index contributed by atoms with van der Waals surface area (Å²) >= 11 is 5.97. The summed E-state index contributed by atoms with van der Waals surface area (Å²) in [5.74, 6) is -0.555. The van der Waals surface area contributed by atoms with E-state index in [1.165, 1.54) is 10.9 Å². The van der Waals surface area contributed by atoms with E-state index in [-0.39, 0.29) is 17.9 Å². The predicted octanol–water partition coefficient (Wildman–Crippen LogP) is 3.12. The van der Waals surface area contributed by atoms with Crippen molar-refractivity contribution in [2.75, 3.05) is 6.61 Å². The van der Waals surface area contributed by atoms with E-state index >= 15 is 0 Å². The molecule has 6 nitrogen and oxygen atoms in total. The number of ether oxygens (including phenoxy) is 1. The second-order valence-electron chi connectivity index (χ2n) is 5.14. The quantitative estimate of drug-likeness (QED) is 0.525. The van der Waals surface area contributed by atoms with Crippen LogP contribution in [0.25, 0.3) is 10.9 Å². The van der Waals surface area contributed by atoms with Gasteiger partial charge >= 0.3 is 5.97 Å². The van der Waals surface area contributed by atoms with Crippen LogP contribution in [0.3, 0.4) is 0 Å². The van der Waals surface area contributed by atoms with Crippen molar-refractivity contribution >= 4 is 34.8 Å². The van der Waals surface area contributed by atoms with E-state index in [0.717, 1.165) is 16.5 Å². The molecule has 0 spiro atoms. The number of carbonyl (C=O) groups excluding carboxylic acids is 2. The smallest absolute Gasteiger partial charge is 0.342 e. The normalized spacial score (nSPS) is 10.8. The molecule has 0 aliphatic rings. The summed E-state index contributed by atoms with van der Waals surface area (Å²) in [6.45, 7) is 2.35. The molecule has 0 atom stereocenters. The van der Waals surface area contributed by atoms with Gasteiger partial charge in [0.1, 0.15) is 11.3 Å². The van der Waals surface area contributed by atoms with Gasteiger partial charge in [0.25, 0.3) is 0 Å². The zero-order chi connectivity index (χ0) is 17.1. The number of halogens is 1. The predicted molar refractivity (Wildman–Crippen MR) is 89.4 cm³/mol. The Hall–Kier alpha value is -2.73.